The van der Waals surface area contributed by atoms with Crippen molar-refractivity contribution in [3.05, 3.63) is 23.8 Å². The maximum atomic E-state index is 10.7. The molecule has 0 heterocycles. The average Bonchev–Trinajstić information content (AvgIpc) is 2.37. The van der Waals surface area contributed by atoms with Gasteiger partial charge in [-0.15, -0.1) is 0 Å². The molecule has 0 aromatic heterocycles. The number of ether oxygens (including phenoxy) is 1. The minimum Gasteiger partial charge on any atom is -0.507 e. The molecule has 0 aliphatic heterocycles. The Bertz CT molecular complexity index is 407. The number of carboxylic acids is 1. The van der Waals surface area contributed by atoms with Crippen LogP contribution < -0.4 is 4.74 Å². The first kappa shape index (κ1) is 18.9. The van der Waals surface area contributed by atoms with E-state index < -0.39 is 5.97 Å². The summed E-state index contributed by atoms with van der Waals surface area (Å²) in [5.41, 5.74) is -0.105. The van der Waals surface area contributed by atoms with Crippen molar-refractivity contribution in [1.29, 1.82) is 0 Å². The van der Waals surface area contributed by atoms with Crippen molar-refractivity contribution < 1.29 is 39.2 Å². The standard InChI is InChI=1S/C15H22O4.Zn/c1-2-3-4-5-6-7-10-19-12-8-9-13(15(17)18)14(16)11-12;/h8-9,11,16H,2-7,10H2,1H3,(H,17,18);. The molecule has 0 aliphatic rings. The molecule has 1 rings (SSSR count). The van der Waals surface area contributed by atoms with Gasteiger partial charge in [-0.25, -0.2) is 4.79 Å². The zero-order valence-electron chi connectivity index (χ0n) is 12.1. The first-order valence-corrected chi connectivity index (χ1v) is 6.84. The number of carbonyl (C=O) groups is 1. The van der Waals surface area contributed by atoms with E-state index in [1.54, 1.807) is 6.07 Å². The van der Waals surface area contributed by atoms with Crippen molar-refractivity contribution in [1.82, 2.24) is 0 Å². The fourth-order valence-corrected chi connectivity index (χ4v) is 1.85. The Morgan fingerprint density at radius 2 is 1.80 bits per heavy atom. The van der Waals surface area contributed by atoms with Crippen molar-refractivity contribution in [3.63, 3.8) is 0 Å². The largest absolute Gasteiger partial charge is 0.507 e. The first-order valence-electron chi connectivity index (χ1n) is 6.84. The molecule has 1 aromatic carbocycles. The Hall–Kier alpha value is -1.09. The average molecular weight is 332 g/mol. The fourth-order valence-electron chi connectivity index (χ4n) is 1.85. The van der Waals surface area contributed by atoms with E-state index in [2.05, 4.69) is 6.92 Å². The predicted molar refractivity (Wildman–Crippen MR) is 73.9 cm³/mol. The van der Waals surface area contributed by atoms with Gasteiger partial charge in [-0.3, -0.25) is 0 Å². The van der Waals surface area contributed by atoms with E-state index in [9.17, 15) is 9.90 Å². The molecule has 0 atom stereocenters. The van der Waals surface area contributed by atoms with Gasteiger partial charge in [0.15, 0.2) is 0 Å². The van der Waals surface area contributed by atoms with E-state index >= 15 is 0 Å². The van der Waals surface area contributed by atoms with Gasteiger partial charge in [0.05, 0.1) is 6.61 Å². The molecular formula is C15H22O4Zn. The molecule has 0 fully saturated rings. The molecule has 4 nitrogen and oxygen atoms in total. The Kier molecular flexibility index (Phi) is 10.1. The van der Waals surface area contributed by atoms with Crippen LogP contribution in [0.2, 0.25) is 0 Å². The summed E-state index contributed by atoms with van der Waals surface area (Å²) < 4.78 is 5.48. The molecule has 0 amide bonds. The van der Waals surface area contributed by atoms with Crippen LogP contribution in [-0.4, -0.2) is 22.8 Å². The van der Waals surface area contributed by atoms with Crippen molar-refractivity contribution in [3.8, 4) is 11.5 Å². The maximum absolute atomic E-state index is 10.7. The van der Waals surface area contributed by atoms with Gasteiger partial charge >= 0.3 is 5.97 Å². The summed E-state index contributed by atoms with van der Waals surface area (Å²) in [6.07, 6.45) is 7.13. The van der Waals surface area contributed by atoms with E-state index in [0.717, 1.165) is 12.8 Å². The Morgan fingerprint density at radius 1 is 1.15 bits per heavy atom. The zero-order chi connectivity index (χ0) is 14.1. The number of hydrogen-bond donors (Lipinski definition) is 2. The molecule has 0 unspecified atom stereocenters. The second-order valence-corrected chi connectivity index (χ2v) is 4.60. The minimum absolute atomic E-state index is 0. The number of carboxylic acid groups (broad SMARTS) is 1. The van der Waals surface area contributed by atoms with Crippen LogP contribution in [0.3, 0.4) is 0 Å². The summed E-state index contributed by atoms with van der Waals surface area (Å²) in [4.78, 5) is 10.7. The van der Waals surface area contributed by atoms with Crippen LogP contribution in [0.15, 0.2) is 18.2 Å². The Balaban J connectivity index is 0.00000361. The molecule has 0 saturated carbocycles. The monoisotopic (exact) mass is 330 g/mol. The van der Waals surface area contributed by atoms with Crippen molar-refractivity contribution in [2.45, 2.75) is 45.4 Å². The topological polar surface area (TPSA) is 66.8 Å². The summed E-state index contributed by atoms with van der Waals surface area (Å²) in [6, 6.07) is 4.27. The van der Waals surface area contributed by atoms with E-state index in [1.165, 1.54) is 37.8 Å². The Morgan fingerprint density at radius 3 is 2.40 bits per heavy atom. The number of rotatable bonds is 9. The number of hydrogen-bond acceptors (Lipinski definition) is 3. The second-order valence-electron chi connectivity index (χ2n) is 4.60. The third-order valence-electron chi connectivity index (χ3n) is 2.97. The SMILES string of the molecule is CCCCCCCCOc1ccc(C(=O)O)c(O)c1.[Zn]. The van der Waals surface area contributed by atoms with Gasteiger partial charge in [0.1, 0.15) is 17.1 Å². The number of phenols is 1. The molecule has 5 heteroatoms. The molecular weight excluding hydrogens is 310 g/mol. The molecule has 0 spiro atoms. The third-order valence-corrected chi connectivity index (χ3v) is 2.97. The molecule has 2 N–H and O–H groups in total. The molecule has 1 aromatic rings. The van der Waals surface area contributed by atoms with Gasteiger partial charge < -0.3 is 14.9 Å². The first-order chi connectivity index (χ1) is 9.15. The second kappa shape index (κ2) is 10.7. The number of aromatic hydroxyl groups is 1. The van der Waals surface area contributed by atoms with Crippen LogP contribution in [0.25, 0.3) is 0 Å². The molecule has 108 valence electrons. The molecule has 0 bridgehead atoms. The predicted octanol–water partition coefficient (Wildman–Crippen LogP) is 3.83. The van der Waals surface area contributed by atoms with Gasteiger partial charge in [0.2, 0.25) is 0 Å². The number of unbranched alkanes of at least 4 members (excludes halogenated alkanes) is 5. The minimum atomic E-state index is -1.14. The van der Waals surface area contributed by atoms with Crippen molar-refractivity contribution in [2.75, 3.05) is 6.61 Å². The van der Waals surface area contributed by atoms with Gasteiger partial charge in [-0.05, 0) is 18.6 Å². The van der Waals surface area contributed by atoms with Gasteiger partial charge in [0.25, 0.3) is 0 Å². The Labute approximate surface area is 132 Å². The van der Waals surface area contributed by atoms with Gasteiger partial charge in [0, 0.05) is 25.5 Å². The summed E-state index contributed by atoms with van der Waals surface area (Å²) >= 11 is 0. The molecule has 0 radical (unpaired) electrons. The summed E-state index contributed by atoms with van der Waals surface area (Å²) in [5.74, 6) is -0.885. The normalized spacial score (nSPS) is 9.85. The van der Waals surface area contributed by atoms with Crippen molar-refractivity contribution >= 4 is 5.97 Å². The van der Waals surface area contributed by atoms with Crippen LogP contribution >= 0.6 is 0 Å². The summed E-state index contributed by atoms with van der Waals surface area (Å²) in [5, 5.41) is 18.3. The van der Waals surface area contributed by atoms with Crippen LogP contribution in [0.1, 0.15) is 55.8 Å². The van der Waals surface area contributed by atoms with Crippen LogP contribution in [0.4, 0.5) is 0 Å². The fraction of sp³-hybridized carbons (Fsp3) is 0.533. The number of aromatic carboxylic acids is 1. The summed E-state index contributed by atoms with van der Waals surface area (Å²) in [7, 11) is 0. The van der Waals surface area contributed by atoms with Crippen LogP contribution in [0.5, 0.6) is 11.5 Å². The smallest absolute Gasteiger partial charge is 0.339 e. The van der Waals surface area contributed by atoms with Crippen molar-refractivity contribution in [2.24, 2.45) is 0 Å². The molecule has 0 aliphatic carbocycles. The third kappa shape index (κ3) is 6.90. The van der Waals surface area contributed by atoms with Crippen LogP contribution in [0, 0.1) is 0 Å². The number of benzene rings is 1. The van der Waals surface area contributed by atoms with E-state index in [0.29, 0.717) is 12.4 Å². The maximum Gasteiger partial charge on any atom is 0.339 e. The van der Waals surface area contributed by atoms with E-state index in [4.69, 9.17) is 9.84 Å². The molecule has 20 heavy (non-hydrogen) atoms. The van der Waals surface area contributed by atoms with Gasteiger partial charge in [-0.1, -0.05) is 39.0 Å². The molecule has 0 saturated heterocycles. The van der Waals surface area contributed by atoms with Gasteiger partial charge in [-0.2, -0.15) is 0 Å². The van der Waals surface area contributed by atoms with E-state index in [-0.39, 0.29) is 30.8 Å². The van der Waals surface area contributed by atoms with E-state index in [1.807, 2.05) is 0 Å². The van der Waals surface area contributed by atoms with Crippen LogP contribution in [-0.2, 0) is 19.5 Å². The summed E-state index contributed by atoms with van der Waals surface area (Å²) in [6.45, 7) is 2.79. The quantitative estimate of drug-likeness (QED) is 0.533. The zero-order valence-corrected chi connectivity index (χ0v) is 15.1.